The second-order valence-electron chi connectivity index (χ2n) is 9.41. The predicted molar refractivity (Wildman–Crippen MR) is 168 cm³/mol. The number of halogens is 1. The van der Waals surface area contributed by atoms with Crippen LogP contribution in [0.1, 0.15) is 24.6 Å². The fraction of sp³-hybridized carbons (Fsp3) is 0.290. The number of pyridine rings is 1. The number of aliphatic hydroxyl groups excluding tert-OH is 1. The van der Waals surface area contributed by atoms with Crippen LogP contribution in [0.25, 0.3) is 26.5 Å². The number of hydrogen-bond acceptors (Lipinski definition) is 9. The van der Waals surface area contributed by atoms with Gasteiger partial charge in [0.05, 0.1) is 30.5 Å². The van der Waals surface area contributed by atoms with Crippen LogP contribution in [0.5, 0.6) is 5.75 Å². The minimum Gasteiger partial charge on any atom is -0.491 e. The van der Waals surface area contributed by atoms with E-state index in [9.17, 15) is 5.26 Å². The van der Waals surface area contributed by atoms with E-state index in [4.69, 9.17) is 42.7 Å². The van der Waals surface area contributed by atoms with Gasteiger partial charge in [-0.05, 0) is 43.2 Å². The topological polar surface area (TPSA) is 95.9 Å². The summed E-state index contributed by atoms with van der Waals surface area (Å²) >= 11 is 9.03. The van der Waals surface area contributed by atoms with E-state index in [0.29, 0.717) is 63.9 Å². The van der Waals surface area contributed by atoms with Crippen LogP contribution in [0.15, 0.2) is 58.9 Å². The average molecular weight is 618 g/mol. The van der Waals surface area contributed by atoms with Crippen molar-refractivity contribution in [1.29, 1.82) is 5.26 Å². The molecule has 0 saturated carbocycles. The third-order valence-corrected chi connectivity index (χ3v) is 8.89. The van der Waals surface area contributed by atoms with Crippen LogP contribution in [0.4, 0.5) is 11.5 Å². The molecule has 0 bridgehead atoms. The lowest BCUT2D eigenvalue weighted by Crippen LogP contribution is -2.24. The lowest BCUT2D eigenvalue weighted by atomic mass is 9.99. The van der Waals surface area contributed by atoms with E-state index < -0.39 is 0 Å². The summed E-state index contributed by atoms with van der Waals surface area (Å²) in [6, 6.07) is 17.1. The Morgan fingerprint density at radius 2 is 1.95 bits per heavy atom. The summed E-state index contributed by atoms with van der Waals surface area (Å²) in [4.78, 5) is 15.7. The first-order valence-corrected chi connectivity index (χ1v) is 15.7. The number of thioether (sulfide) groups is 1. The van der Waals surface area contributed by atoms with E-state index in [1.54, 1.807) is 23.5 Å². The van der Waals surface area contributed by atoms with Gasteiger partial charge in [-0.1, -0.05) is 47.6 Å². The smallest absolute Gasteiger partial charge is 0.237 e. The minimum atomic E-state index is -0.0880. The second-order valence-corrected chi connectivity index (χ2v) is 11.7. The van der Waals surface area contributed by atoms with Gasteiger partial charge in [0.25, 0.3) is 0 Å². The first-order chi connectivity index (χ1) is 20.5. The highest BCUT2D eigenvalue weighted by Crippen LogP contribution is 2.45. The van der Waals surface area contributed by atoms with Crippen molar-refractivity contribution in [2.24, 2.45) is 0 Å². The normalized spacial score (nSPS) is 14.5. The molecule has 0 unspecified atom stereocenters. The van der Waals surface area contributed by atoms with Crippen LogP contribution in [0, 0.1) is 17.9 Å². The Kier molecular flexibility index (Phi) is 9.96. The van der Waals surface area contributed by atoms with Crippen molar-refractivity contribution in [3.05, 3.63) is 81.6 Å². The van der Waals surface area contributed by atoms with E-state index in [0.717, 1.165) is 28.2 Å². The van der Waals surface area contributed by atoms with E-state index in [1.165, 1.54) is 11.8 Å². The Balaban J connectivity index is 1.52. The Morgan fingerprint density at radius 3 is 2.64 bits per heavy atom. The third-order valence-electron chi connectivity index (χ3n) is 6.69. The average Bonchev–Trinajstić information content (AvgIpc) is 3.69. The highest BCUT2D eigenvalue weighted by atomic mass is 35.5. The number of ether oxygens (including phenoxy) is 2. The number of thiazole rings is 1. The Hall–Kier alpha value is -3.64. The maximum absolute atomic E-state index is 10.4. The molecule has 1 atom stereocenters. The number of nitriles is 1. The van der Waals surface area contributed by atoms with Crippen molar-refractivity contribution in [3.8, 4) is 33.5 Å². The molecule has 1 N–H and O–H groups in total. The molecule has 0 spiro atoms. The molecule has 11 heteroatoms. The standard InChI is InChI=1S/C31H28ClN5O3S2/c1-3-39-25-12-13-37(17-25)29-28(34-2)27(20-6-10-24(11-7-20)40-15-14-38)26(16-33)31(36-29)42-19-23-18-41-30(35-23)21-4-8-22(32)9-5-21/h4-11,18,25,38H,3,12-15,17,19H2,1H3/t25-/m1/s1. The van der Waals surface area contributed by atoms with Gasteiger partial charge in [-0.25, -0.2) is 14.8 Å². The van der Waals surface area contributed by atoms with Crippen LogP contribution >= 0.6 is 34.7 Å². The van der Waals surface area contributed by atoms with E-state index >= 15 is 0 Å². The molecule has 1 saturated heterocycles. The van der Waals surface area contributed by atoms with Crippen molar-refractivity contribution in [3.63, 3.8) is 0 Å². The lowest BCUT2D eigenvalue weighted by Gasteiger charge is -2.23. The maximum atomic E-state index is 10.4. The van der Waals surface area contributed by atoms with Crippen molar-refractivity contribution < 1.29 is 14.6 Å². The van der Waals surface area contributed by atoms with Crippen LogP contribution < -0.4 is 9.64 Å². The molecule has 0 radical (unpaired) electrons. The summed E-state index contributed by atoms with van der Waals surface area (Å²) < 4.78 is 11.4. The zero-order valence-corrected chi connectivity index (χ0v) is 25.3. The van der Waals surface area contributed by atoms with Crippen LogP contribution in [0.2, 0.25) is 5.02 Å². The monoisotopic (exact) mass is 617 g/mol. The van der Waals surface area contributed by atoms with E-state index in [2.05, 4.69) is 15.8 Å². The highest BCUT2D eigenvalue weighted by Gasteiger charge is 2.30. The van der Waals surface area contributed by atoms with Gasteiger partial charge in [0.15, 0.2) is 0 Å². The molecule has 4 aromatic rings. The Labute approximate surface area is 258 Å². The van der Waals surface area contributed by atoms with Gasteiger partial charge < -0.3 is 19.5 Å². The molecular formula is C31H28ClN5O3S2. The number of aromatic nitrogens is 2. The Bertz CT molecular complexity index is 1610. The molecule has 1 aliphatic heterocycles. The summed E-state index contributed by atoms with van der Waals surface area (Å²) in [7, 11) is 0. The van der Waals surface area contributed by atoms with Crippen LogP contribution in [-0.4, -0.2) is 54.1 Å². The summed E-state index contributed by atoms with van der Waals surface area (Å²) in [5.41, 5.74) is 3.84. The quantitative estimate of drug-likeness (QED) is 0.139. The predicted octanol–water partition coefficient (Wildman–Crippen LogP) is 7.23. The Morgan fingerprint density at radius 1 is 1.19 bits per heavy atom. The number of aliphatic hydroxyl groups is 1. The minimum absolute atomic E-state index is 0.0647. The van der Waals surface area contributed by atoms with E-state index in [1.807, 2.05) is 48.7 Å². The third kappa shape index (κ3) is 6.70. The molecule has 1 aliphatic rings. The zero-order valence-electron chi connectivity index (χ0n) is 22.9. The molecule has 8 nitrogen and oxygen atoms in total. The molecule has 5 rings (SSSR count). The van der Waals surface area contributed by atoms with Gasteiger partial charge in [-0.3, -0.25) is 0 Å². The van der Waals surface area contributed by atoms with Crippen molar-refractivity contribution in [1.82, 2.24) is 9.97 Å². The second kappa shape index (κ2) is 14.0. The van der Waals surface area contributed by atoms with Gasteiger partial charge >= 0.3 is 0 Å². The molecular weight excluding hydrogens is 590 g/mol. The lowest BCUT2D eigenvalue weighted by molar-refractivity contribution is 0.0787. The van der Waals surface area contributed by atoms with Gasteiger partial charge in [-0.2, -0.15) is 5.26 Å². The molecule has 2 aromatic heterocycles. The highest BCUT2D eigenvalue weighted by molar-refractivity contribution is 7.98. The fourth-order valence-corrected chi connectivity index (χ4v) is 6.70. The summed E-state index contributed by atoms with van der Waals surface area (Å²) in [5, 5.41) is 23.6. The van der Waals surface area contributed by atoms with Gasteiger partial charge in [0, 0.05) is 47.0 Å². The number of anilines is 1. The largest absolute Gasteiger partial charge is 0.491 e. The summed E-state index contributed by atoms with van der Waals surface area (Å²) in [5.74, 6) is 1.67. The molecule has 0 amide bonds. The molecule has 1 fully saturated rings. The number of nitrogens with zero attached hydrogens (tertiary/aromatic N) is 5. The van der Waals surface area contributed by atoms with E-state index in [-0.39, 0.29) is 19.3 Å². The van der Waals surface area contributed by atoms with Crippen molar-refractivity contribution in [2.75, 3.05) is 37.8 Å². The van der Waals surface area contributed by atoms with Crippen LogP contribution in [0.3, 0.4) is 0 Å². The summed E-state index contributed by atoms with van der Waals surface area (Å²) in [6.45, 7) is 12.2. The van der Waals surface area contributed by atoms with Gasteiger partial charge in [0.2, 0.25) is 5.69 Å². The number of rotatable bonds is 11. The summed E-state index contributed by atoms with van der Waals surface area (Å²) in [6.07, 6.45) is 0.906. The first-order valence-electron chi connectivity index (χ1n) is 13.4. The molecule has 214 valence electrons. The van der Waals surface area contributed by atoms with Gasteiger partial charge in [-0.15, -0.1) is 11.3 Å². The van der Waals surface area contributed by atoms with Crippen molar-refractivity contribution >= 4 is 46.2 Å². The molecule has 42 heavy (non-hydrogen) atoms. The molecule has 2 aromatic carbocycles. The zero-order chi connectivity index (χ0) is 29.5. The maximum Gasteiger partial charge on any atom is 0.237 e. The van der Waals surface area contributed by atoms with Crippen LogP contribution in [-0.2, 0) is 10.5 Å². The number of benzene rings is 2. The van der Waals surface area contributed by atoms with Crippen molar-refractivity contribution in [2.45, 2.75) is 30.2 Å². The van der Waals surface area contributed by atoms with Gasteiger partial charge in [0.1, 0.15) is 34.3 Å². The number of hydrogen-bond donors (Lipinski definition) is 1. The SMILES string of the molecule is [C-]#[N+]c1c(N2CC[C@@H](OCC)C2)nc(SCc2csc(-c3ccc(Cl)cc3)n2)c(C#N)c1-c1ccc(OCCO)cc1. The fourth-order valence-electron chi connectivity index (χ4n) is 4.77. The molecule has 0 aliphatic carbocycles. The molecule has 3 heterocycles. The first kappa shape index (κ1) is 29.8.